The average Bonchev–Trinajstić information content (AvgIpc) is 2.37. The number of nitrogens with one attached hydrogen (secondary N) is 1. The average molecular weight is 366 g/mol. The third-order valence-corrected chi connectivity index (χ3v) is 3.54. The molecular weight excluding hydrogens is 348 g/mol. The Hall–Kier alpha value is -1.11. The molecule has 0 aliphatic rings. The number of hydrogen-bond donors (Lipinski definition) is 2. The second-order valence-corrected chi connectivity index (χ2v) is 5.12. The number of carboxylic acid groups (broad SMARTS) is 1. The molecule has 1 rings (SSSR count). The minimum absolute atomic E-state index is 0. The van der Waals surface area contributed by atoms with Crippen molar-refractivity contribution in [2.75, 3.05) is 18.9 Å². The first kappa shape index (κ1) is 18.9. The number of likely N-dealkylation sites (N-methyl/N-ethyl adjacent to an activating group) is 1. The minimum Gasteiger partial charge on any atom is -0.481 e. The van der Waals surface area contributed by atoms with Gasteiger partial charge in [-0.05, 0) is 42.0 Å². The number of hydrogen-bond acceptors (Lipinski definition) is 3. The summed E-state index contributed by atoms with van der Waals surface area (Å²) in [7, 11) is 1.73. The predicted octanol–water partition coefficient (Wildman–Crippen LogP) is 2.60. The summed E-state index contributed by atoms with van der Waals surface area (Å²) in [6.45, 7) is 2.08. The van der Waals surface area contributed by atoms with Crippen LogP contribution in [-0.4, -0.2) is 41.5 Å². The first-order chi connectivity index (χ1) is 8.91. The van der Waals surface area contributed by atoms with Gasteiger partial charge in [-0.1, -0.05) is 12.1 Å². The fraction of sp³-hybridized carbons (Fsp3) is 0.385. The Kier molecular flexibility index (Phi) is 8.45. The molecule has 1 unspecified atom stereocenters. The lowest BCUT2D eigenvalue weighted by molar-refractivity contribution is -0.137. The third-order valence-electron chi connectivity index (χ3n) is 2.85. The largest absolute Gasteiger partial charge is 0.481 e. The summed E-state index contributed by atoms with van der Waals surface area (Å²) in [5.74, 6) is -1.04. The van der Waals surface area contributed by atoms with Crippen LogP contribution < -0.4 is 5.32 Å². The summed E-state index contributed by atoms with van der Waals surface area (Å²) < 4.78 is 0.809. The first-order valence-electron chi connectivity index (χ1n) is 5.89. The number of carbonyl (C=O) groups is 2. The van der Waals surface area contributed by atoms with E-state index in [-0.39, 0.29) is 24.7 Å². The Bertz CT molecular complexity index is 471. The van der Waals surface area contributed by atoms with Gasteiger partial charge < -0.3 is 10.4 Å². The number of para-hydroxylation sites is 1. The van der Waals surface area contributed by atoms with E-state index in [9.17, 15) is 9.59 Å². The zero-order chi connectivity index (χ0) is 14.4. The number of benzene rings is 1. The van der Waals surface area contributed by atoms with E-state index in [4.69, 9.17) is 5.11 Å². The number of amides is 1. The molecule has 112 valence electrons. The highest BCUT2D eigenvalue weighted by molar-refractivity contribution is 9.10. The van der Waals surface area contributed by atoms with Crippen molar-refractivity contribution >= 4 is 45.9 Å². The van der Waals surface area contributed by atoms with E-state index in [1.165, 1.54) is 0 Å². The van der Waals surface area contributed by atoms with Crippen LogP contribution in [0.4, 0.5) is 5.69 Å². The highest BCUT2D eigenvalue weighted by Gasteiger charge is 2.19. The van der Waals surface area contributed by atoms with Crippen LogP contribution in [0.5, 0.6) is 0 Å². The molecule has 0 radical (unpaired) electrons. The van der Waals surface area contributed by atoms with Gasteiger partial charge in [-0.15, -0.1) is 12.4 Å². The second kappa shape index (κ2) is 8.94. The Labute approximate surface area is 132 Å². The van der Waals surface area contributed by atoms with Gasteiger partial charge in [0.1, 0.15) is 0 Å². The molecule has 2 N–H and O–H groups in total. The van der Waals surface area contributed by atoms with Crippen LogP contribution in [0, 0.1) is 0 Å². The van der Waals surface area contributed by atoms with Crippen LogP contribution in [0.25, 0.3) is 0 Å². The Balaban J connectivity index is 0.00000361. The van der Waals surface area contributed by atoms with Crippen LogP contribution in [-0.2, 0) is 9.59 Å². The lowest BCUT2D eigenvalue weighted by Gasteiger charge is -2.23. The summed E-state index contributed by atoms with van der Waals surface area (Å²) in [6.07, 6.45) is 0.0170. The summed E-state index contributed by atoms with van der Waals surface area (Å²) in [5.41, 5.74) is 0.700. The summed E-state index contributed by atoms with van der Waals surface area (Å²) in [5, 5.41) is 11.4. The monoisotopic (exact) mass is 364 g/mol. The molecule has 0 aromatic heterocycles. The van der Waals surface area contributed by atoms with E-state index in [0.717, 1.165) is 4.47 Å². The Morgan fingerprint density at radius 2 is 2.00 bits per heavy atom. The fourth-order valence-electron chi connectivity index (χ4n) is 1.47. The standard InChI is InChI=1S/C13H17BrN2O3.ClH/c1-9(16(2)8-7-12(17)18)13(19)15-11-6-4-3-5-10(11)14;/h3-6,9H,7-8H2,1-2H3,(H,15,19)(H,17,18);1H. The minimum atomic E-state index is -0.870. The van der Waals surface area contributed by atoms with Crippen LogP contribution in [0.3, 0.4) is 0 Å². The molecule has 0 aliphatic heterocycles. The van der Waals surface area contributed by atoms with Crippen LogP contribution in [0.1, 0.15) is 13.3 Å². The van der Waals surface area contributed by atoms with E-state index in [0.29, 0.717) is 12.2 Å². The van der Waals surface area contributed by atoms with Gasteiger partial charge in [0.15, 0.2) is 0 Å². The Morgan fingerprint density at radius 3 is 2.55 bits per heavy atom. The summed E-state index contributed by atoms with van der Waals surface area (Å²) in [6, 6.07) is 6.94. The summed E-state index contributed by atoms with van der Waals surface area (Å²) >= 11 is 3.35. The second-order valence-electron chi connectivity index (χ2n) is 4.27. The van der Waals surface area contributed by atoms with Crippen molar-refractivity contribution in [3.63, 3.8) is 0 Å². The number of aliphatic carboxylic acids is 1. The summed E-state index contributed by atoms with van der Waals surface area (Å²) in [4.78, 5) is 24.2. The van der Waals surface area contributed by atoms with Gasteiger partial charge in [-0.3, -0.25) is 14.5 Å². The number of anilines is 1. The zero-order valence-corrected chi connectivity index (χ0v) is 13.7. The topological polar surface area (TPSA) is 69.6 Å². The smallest absolute Gasteiger partial charge is 0.304 e. The molecule has 0 saturated heterocycles. The van der Waals surface area contributed by atoms with Crippen molar-refractivity contribution in [3.8, 4) is 0 Å². The molecule has 0 aliphatic carbocycles. The third kappa shape index (κ3) is 5.90. The molecular formula is C13H18BrClN2O3. The Morgan fingerprint density at radius 1 is 1.40 bits per heavy atom. The van der Waals surface area contributed by atoms with Gasteiger partial charge in [0.05, 0.1) is 18.2 Å². The molecule has 7 heteroatoms. The maximum absolute atomic E-state index is 12.0. The molecule has 1 aromatic rings. The highest BCUT2D eigenvalue weighted by Crippen LogP contribution is 2.21. The van der Waals surface area contributed by atoms with E-state index in [1.807, 2.05) is 18.2 Å². The first-order valence-corrected chi connectivity index (χ1v) is 6.68. The number of carboxylic acids is 1. The van der Waals surface area contributed by atoms with Gasteiger partial charge in [0.2, 0.25) is 5.91 Å². The maximum atomic E-state index is 12.0. The van der Waals surface area contributed by atoms with E-state index < -0.39 is 12.0 Å². The van der Waals surface area contributed by atoms with Crippen molar-refractivity contribution in [2.45, 2.75) is 19.4 Å². The number of halogens is 2. The molecule has 5 nitrogen and oxygen atoms in total. The van der Waals surface area contributed by atoms with Crippen molar-refractivity contribution in [2.24, 2.45) is 0 Å². The molecule has 0 heterocycles. The quantitative estimate of drug-likeness (QED) is 0.813. The molecule has 0 spiro atoms. The molecule has 1 aromatic carbocycles. The van der Waals surface area contributed by atoms with Gasteiger partial charge in [-0.25, -0.2) is 0 Å². The normalized spacial score (nSPS) is 11.6. The lowest BCUT2D eigenvalue weighted by Crippen LogP contribution is -2.40. The van der Waals surface area contributed by atoms with Gasteiger partial charge in [0.25, 0.3) is 0 Å². The van der Waals surface area contributed by atoms with Crippen molar-refractivity contribution in [1.29, 1.82) is 0 Å². The highest BCUT2D eigenvalue weighted by atomic mass is 79.9. The molecule has 0 fully saturated rings. The fourth-order valence-corrected chi connectivity index (χ4v) is 1.85. The van der Waals surface area contributed by atoms with E-state index in [1.54, 1.807) is 24.9 Å². The van der Waals surface area contributed by atoms with Gasteiger partial charge >= 0.3 is 5.97 Å². The molecule has 20 heavy (non-hydrogen) atoms. The zero-order valence-electron chi connectivity index (χ0n) is 11.3. The van der Waals surface area contributed by atoms with Crippen molar-refractivity contribution < 1.29 is 14.7 Å². The predicted molar refractivity (Wildman–Crippen MR) is 84.4 cm³/mol. The number of rotatable bonds is 6. The van der Waals surface area contributed by atoms with Crippen LogP contribution >= 0.6 is 28.3 Å². The van der Waals surface area contributed by atoms with Crippen LogP contribution in [0.2, 0.25) is 0 Å². The van der Waals surface area contributed by atoms with E-state index >= 15 is 0 Å². The van der Waals surface area contributed by atoms with Gasteiger partial charge in [-0.2, -0.15) is 0 Å². The SMILES string of the molecule is CC(C(=O)Nc1ccccc1Br)N(C)CCC(=O)O.Cl. The van der Waals surface area contributed by atoms with Gasteiger partial charge in [0, 0.05) is 11.0 Å². The number of carbonyl (C=O) groups excluding carboxylic acids is 1. The molecule has 0 bridgehead atoms. The number of nitrogens with zero attached hydrogens (tertiary/aromatic N) is 1. The lowest BCUT2D eigenvalue weighted by atomic mass is 10.2. The maximum Gasteiger partial charge on any atom is 0.304 e. The van der Waals surface area contributed by atoms with E-state index in [2.05, 4.69) is 21.2 Å². The molecule has 1 atom stereocenters. The van der Waals surface area contributed by atoms with Crippen molar-refractivity contribution in [3.05, 3.63) is 28.7 Å². The molecule has 1 amide bonds. The molecule has 0 saturated carbocycles. The van der Waals surface area contributed by atoms with Crippen molar-refractivity contribution in [1.82, 2.24) is 4.90 Å². The van der Waals surface area contributed by atoms with Crippen LogP contribution in [0.15, 0.2) is 28.7 Å².